The first kappa shape index (κ1) is 6.01. The van der Waals surface area contributed by atoms with Gasteiger partial charge in [0.05, 0.1) is 7.05 Å². The number of nitrogens with zero attached hydrogens (tertiary/aromatic N) is 1. The molecule has 48 valence electrons. The van der Waals surface area contributed by atoms with Crippen molar-refractivity contribution in [3.63, 3.8) is 0 Å². The summed E-state index contributed by atoms with van der Waals surface area (Å²) in [5, 5.41) is 10.8. The third kappa shape index (κ3) is 1.18. The molecule has 1 aliphatic rings. The van der Waals surface area contributed by atoms with Crippen molar-refractivity contribution in [2.75, 3.05) is 13.6 Å². The Morgan fingerprint density at radius 2 is 2.38 bits per heavy atom. The third-order valence-electron chi connectivity index (χ3n) is 1.34. The molecule has 0 aliphatic carbocycles. The average Bonchev–Trinajstić information content (AvgIpc) is 1.82. The Hall–Kier alpha value is -0.120. The maximum absolute atomic E-state index is 10.8. The second-order valence-electron chi connectivity index (χ2n) is 2.44. The molecule has 8 heavy (non-hydrogen) atoms. The van der Waals surface area contributed by atoms with Crippen LogP contribution >= 0.6 is 0 Å². The predicted molar refractivity (Wildman–Crippen MR) is 29.6 cm³/mol. The Balaban J connectivity index is 2.44. The molecular formula is C5H11NO2. The summed E-state index contributed by atoms with van der Waals surface area (Å²) in [6, 6.07) is 0. The fraction of sp³-hybridized carbons (Fsp3) is 1.00. The molecule has 0 amide bonds. The monoisotopic (exact) mass is 117 g/mol. The van der Waals surface area contributed by atoms with Crippen LogP contribution in [0.1, 0.15) is 13.3 Å². The highest BCUT2D eigenvalue weighted by atomic mass is 16.9. The van der Waals surface area contributed by atoms with Crippen LogP contribution in [0.2, 0.25) is 0 Å². The highest BCUT2D eigenvalue weighted by molar-refractivity contribution is 4.51. The molecule has 1 rings (SSSR count). The lowest BCUT2D eigenvalue weighted by atomic mass is 10.3. The van der Waals surface area contributed by atoms with Gasteiger partial charge in [0.25, 0.3) is 0 Å². The van der Waals surface area contributed by atoms with E-state index < -0.39 is 4.81 Å². The van der Waals surface area contributed by atoms with Gasteiger partial charge in [-0.25, -0.2) is 4.81 Å². The lowest BCUT2D eigenvalue weighted by Crippen LogP contribution is -2.32. The molecule has 0 saturated carbocycles. The van der Waals surface area contributed by atoms with Crippen LogP contribution in [-0.2, 0) is 4.84 Å². The molecule has 2 atom stereocenters. The molecule has 3 heteroatoms. The molecule has 0 radical (unpaired) electrons. The summed E-state index contributed by atoms with van der Waals surface area (Å²) in [6.45, 7) is 2.52. The zero-order chi connectivity index (χ0) is 6.20. The number of rotatable bonds is 0. The van der Waals surface area contributed by atoms with Gasteiger partial charge in [0.1, 0.15) is 12.6 Å². The van der Waals surface area contributed by atoms with Crippen LogP contribution < -0.4 is 0 Å². The number of hydroxylamine groups is 4. The highest BCUT2D eigenvalue weighted by Crippen LogP contribution is 2.17. The van der Waals surface area contributed by atoms with Gasteiger partial charge in [-0.3, -0.25) is 0 Å². The van der Waals surface area contributed by atoms with Crippen molar-refractivity contribution in [1.29, 1.82) is 0 Å². The summed E-state index contributed by atoms with van der Waals surface area (Å²) in [5.41, 5.74) is 0. The van der Waals surface area contributed by atoms with Gasteiger partial charge < -0.3 is 5.21 Å². The summed E-state index contributed by atoms with van der Waals surface area (Å²) in [5.74, 6) is 0. The lowest BCUT2D eigenvalue weighted by molar-refractivity contribution is -1.04. The summed E-state index contributed by atoms with van der Waals surface area (Å²) < 4.78 is 0. The Morgan fingerprint density at radius 3 is 2.50 bits per heavy atom. The van der Waals surface area contributed by atoms with Crippen LogP contribution in [0.15, 0.2) is 0 Å². The molecule has 2 unspecified atom stereocenters. The van der Waals surface area contributed by atoms with Crippen LogP contribution in [0.3, 0.4) is 0 Å². The minimum atomic E-state index is -0.513. The molecule has 1 aliphatic heterocycles. The maximum Gasteiger partial charge on any atom is 0.120 e. The fourth-order valence-corrected chi connectivity index (χ4v) is 0.902. The van der Waals surface area contributed by atoms with E-state index in [1.165, 1.54) is 7.05 Å². The van der Waals surface area contributed by atoms with Gasteiger partial charge in [0.15, 0.2) is 0 Å². The van der Waals surface area contributed by atoms with Crippen molar-refractivity contribution >= 4 is 0 Å². The van der Waals surface area contributed by atoms with Gasteiger partial charge in [0, 0.05) is 6.42 Å². The van der Waals surface area contributed by atoms with Crippen molar-refractivity contribution in [3.05, 3.63) is 5.21 Å². The molecule has 0 aromatic carbocycles. The van der Waals surface area contributed by atoms with E-state index >= 15 is 0 Å². The first-order valence-corrected chi connectivity index (χ1v) is 2.85. The van der Waals surface area contributed by atoms with E-state index in [1.54, 1.807) is 0 Å². The second kappa shape index (κ2) is 1.69. The van der Waals surface area contributed by atoms with Gasteiger partial charge in [0.2, 0.25) is 0 Å². The van der Waals surface area contributed by atoms with Crippen LogP contribution in [0.5, 0.6) is 0 Å². The van der Waals surface area contributed by atoms with Crippen LogP contribution in [-0.4, -0.2) is 24.5 Å². The maximum atomic E-state index is 10.8. The molecule has 0 bridgehead atoms. The summed E-state index contributed by atoms with van der Waals surface area (Å²) >= 11 is 0. The van der Waals surface area contributed by atoms with Gasteiger partial charge in [-0.2, -0.15) is 4.84 Å². The molecule has 1 fully saturated rings. The van der Waals surface area contributed by atoms with E-state index in [2.05, 4.69) is 0 Å². The Bertz CT molecular complexity index is 92.4. The van der Waals surface area contributed by atoms with Crippen molar-refractivity contribution in [2.45, 2.75) is 19.4 Å². The smallest absolute Gasteiger partial charge is 0.120 e. The van der Waals surface area contributed by atoms with Crippen molar-refractivity contribution in [1.82, 2.24) is 0 Å². The van der Waals surface area contributed by atoms with E-state index in [0.29, 0.717) is 6.54 Å². The standard InChI is InChI=1S/C5H11NO2/c1-5-3-4-6(2,7)8-5/h5H,3-4H2,1-2H3. The van der Waals surface area contributed by atoms with E-state index in [9.17, 15) is 5.21 Å². The van der Waals surface area contributed by atoms with Gasteiger partial charge >= 0.3 is 0 Å². The van der Waals surface area contributed by atoms with E-state index in [1.807, 2.05) is 6.92 Å². The largest absolute Gasteiger partial charge is 0.598 e. The predicted octanol–water partition coefficient (Wildman–Crippen LogP) is 0.655. The summed E-state index contributed by atoms with van der Waals surface area (Å²) in [4.78, 5) is 4.42. The van der Waals surface area contributed by atoms with Crippen molar-refractivity contribution < 1.29 is 9.65 Å². The lowest BCUT2D eigenvalue weighted by Gasteiger charge is -2.28. The van der Waals surface area contributed by atoms with Crippen molar-refractivity contribution in [2.24, 2.45) is 0 Å². The second-order valence-corrected chi connectivity index (χ2v) is 2.44. The van der Waals surface area contributed by atoms with Gasteiger partial charge in [-0.1, -0.05) is 0 Å². The zero-order valence-electron chi connectivity index (χ0n) is 5.26. The zero-order valence-corrected chi connectivity index (χ0v) is 5.26. The molecule has 3 nitrogen and oxygen atoms in total. The minimum absolute atomic E-state index is 0.150. The van der Waals surface area contributed by atoms with Crippen molar-refractivity contribution in [3.8, 4) is 0 Å². The van der Waals surface area contributed by atoms with E-state index in [4.69, 9.17) is 4.84 Å². The molecule has 1 heterocycles. The van der Waals surface area contributed by atoms with Crippen LogP contribution in [0, 0.1) is 5.21 Å². The van der Waals surface area contributed by atoms with Crippen LogP contribution in [0.25, 0.3) is 0 Å². The number of hydrogen-bond donors (Lipinski definition) is 0. The van der Waals surface area contributed by atoms with E-state index in [-0.39, 0.29) is 6.10 Å². The number of quaternary nitrogens is 1. The topological polar surface area (TPSA) is 32.3 Å². The highest BCUT2D eigenvalue weighted by Gasteiger charge is 2.25. The Kier molecular flexibility index (Phi) is 1.27. The molecule has 0 spiro atoms. The molecule has 1 saturated heterocycles. The molecular weight excluding hydrogens is 106 g/mol. The van der Waals surface area contributed by atoms with E-state index in [0.717, 1.165) is 6.42 Å². The number of hydrogen-bond acceptors (Lipinski definition) is 2. The van der Waals surface area contributed by atoms with Gasteiger partial charge in [-0.15, -0.1) is 0 Å². The van der Waals surface area contributed by atoms with Crippen LogP contribution in [0.4, 0.5) is 0 Å². The molecule has 0 aromatic heterocycles. The summed E-state index contributed by atoms with van der Waals surface area (Å²) in [7, 11) is 1.53. The Morgan fingerprint density at radius 1 is 1.75 bits per heavy atom. The first-order valence-electron chi connectivity index (χ1n) is 2.85. The fourth-order valence-electron chi connectivity index (χ4n) is 0.902. The first-order chi connectivity index (χ1) is 3.60. The Labute approximate surface area is 49.0 Å². The molecule has 0 N–H and O–H groups in total. The quantitative estimate of drug-likeness (QED) is 0.345. The van der Waals surface area contributed by atoms with Gasteiger partial charge in [-0.05, 0) is 6.92 Å². The SMILES string of the molecule is CC1CC[N+](C)([O-])O1. The minimum Gasteiger partial charge on any atom is -0.598 e. The third-order valence-corrected chi connectivity index (χ3v) is 1.34. The average molecular weight is 117 g/mol. The normalized spacial score (nSPS) is 47.6. The molecule has 0 aromatic rings. The summed E-state index contributed by atoms with van der Waals surface area (Å²) in [6.07, 6.45) is 1.04.